The minimum Gasteiger partial charge on any atom is -0.193 e. The minimum absolute atomic E-state index is 0.756. The van der Waals surface area contributed by atoms with E-state index in [2.05, 4.69) is 43.8 Å². The Morgan fingerprint density at radius 1 is 0.967 bits per heavy atom. The van der Waals surface area contributed by atoms with Crippen LogP contribution in [0.5, 0.6) is 0 Å². The van der Waals surface area contributed by atoms with Gasteiger partial charge in [-0.2, -0.15) is 5.26 Å². The summed E-state index contributed by atoms with van der Waals surface area (Å²) in [6.45, 7) is 6.84. The molecule has 0 bridgehead atoms. The van der Waals surface area contributed by atoms with E-state index in [1.54, 1.807) is 11.1 Å². The van der Waals surface area contributed by atoms with Gasteiger partial charge in [-0.15, -0.1) is 0 Å². The van der Waals surface area contributed by atoms with Crippen molar-refractivity contribution in [3.05, 3.63) is 71.8 Å². The second-order valence-electron chi connectivity index (χ2n) is 9.43. The molecule has 2 fully saturated rings. The van der Waals surface area contributed by atoms with Gasteiger partial charge in [0.15, 0.2) is 0 Å². The zero-order valence-corrected chi connectivity index (χ0v) is 18.9. The molecule has 2 saturated carbocycles. The van der Waals surface area contributed by atoms with Crippen LogP contribution in [-0.4, -0.2) is 0 Å². The minimum atomic E-state index is 0.756. The van der Waals surface area contributed by atoms with E-state index in [1.165, 1.54) is 69.4 Å². The van der Waals surface area contributed by atoms with Crippen LogP contribution < -0.4 is 0 Å². The highest BCUT2D eigenvalue weighted by Gasteiger charge is 2.29. The van der Waals surface area contributed by atoms with Crippen LogP contribution in [0.3, 0.4) is 0 Å². The molecule has 0 radical (unpaired) electrons. The molecule has 1 heteroatoms. The maximum atomic E-state index is 8.50. The van der Waals surface area contributed by atoms with Crippen LogP contribution in [0, 0.1) is 29.1 Å². The standard InChI is InChI=1S/C29H39N/c1-3-24-10-16-28(17-11-24)29-20-18-27(19-21-29)23(2)26-14-12-25(13-15-26)9-7-5-4-6-8-22-30/h4-6,8,10-11,16-17,25-27,29H,2-3,7,9,12-15,18-21H2,1H3. The highest BCUT2D eigenvalue weighted by Crippen LogP contribution is 2.44. The van der Waals surface area contributed by atoms with E-state index in [0.29, 0.717) is 0 Å². The van der Waals surface area contributed by atoms with E-state index in [9.17, 15) is 0 Å². The fraction of sp³-hybridized carbons (Fsp3) is 0.552. The summed E-state index contributed by atoms with van der Waals surface area (Å²) in [6, 6.07) is 11.4. The zero-order valence-electron chi connectivity index (χ0n) is 18.9. The van der Waals surface area contributed by atoms with Gasteiger partial charge < -0.3 is 0 Å². The van der Waals surface area contributed by atoms with Crippen molar-refractivity contribution < 1.29 is 0 Å². The Labute approximate surface area is 184 Å². The van der Waals surface area contributed by atoms with E-state index >= 15 is 0 Å². The van der Waals surface area contributed by atoms with Gasteiger partial charge in [-0.1, -0.05) is 61.6 Å². The first kappa shape index (κ1) is 22.6. The van der Waals surface area contributed by atoms with Crippen molar-refractivity contribution >= 4 is 0 Å². The summed E-state index contributed by atoms with van der Waals surface area (Å²) in [5, 5.41) is 8.50. The van der Waals surface area contributed by atoms with Gasteiger partial charge in [-0.25, -0.2) is 0 Å². The quantitative estimate of drug-likeness (QED) is 0.244. The lowest BCUT2D eigenvalue weighted by Gasteiger charge is -2.36. The van der Waals surface area contributed by atoms with E-state index in [0.717, 1.165) is 36.5 Å². The van der Waals surface area contributed by atoms with E-state index < -0.39 is 0 Å². The molecule has 1 nitrogen and oxygen atoms in total. The van der Waals surface area contributed by atoms with Gasteiger partial charge in [0, 0.05) is 6.08 Å². The molecule has 0 N–H and O–H groups in total. The number of nitriles is 1. The van der Waals surface area contributed by atoms with Crippen molar-refractivity contribution in [1.29, 1.82) is 5.26 Å². The average molecular weight is 402 g/mol. The van der Waals surface area contributed by atoms with Crippen LogP contribution in [0.2, 0.25) is 0 Å². The van der Waals surface area contributed by atoms with Crippen molar-refractivity contribution in [2.75, 3.05) is 0 Å². The number of nitrogens with zero attached hydrogens (tertiary/aromatic N) is 1. The smallest absolute Gasteiger partial charge is 0.0912 e. The molecule has 0 atom stereocenters. The fourth-order valence-electron chi connectivity index (χ4n) is 5.58. The third-order valence-electron chi connectivity index (χ3n) is 7.64. The Morgan fingerprint density at radius 3 is 2.20 bits per heavy atom. The van der Waals surface area contributed by atoms with Crippen LogP contribution in [0.1, 0.15) is 88.2 Å². The summed E-state index contributed by atoms with van der Waals surface area (Å²) in [6.07, 6.45) is 21.9. The molecule has 0 aliphatic heterocycles. The van der Waals surface area contributed by atoms with Crippen LogP contribution in [0.4, 0.5) is 0 Å². The molecule has 0 unspecified atom stereocenters. The third-order valence-corrected chi connectivity index (χ3v) is 7.64. The number of aryl methyl sites for hydroxylation is 1. The summed E-state index contributed by atoms with van der Waals surface area (Å²) in [5.41, 5.74) is 4.58. The molecule has 30 heavy (non-hydrogen) atoms. The highest BCUT2D eigenvalue weighted by atomic mass is 14.3. The second kappa shape index (κ2) is 11.9. The Morgan fingerprint density at radius 2 is 1.60 bits per heavy atom. The molecule has 1 aromatic rings. The summed E-state index contributed by atoms with van der Waals surface area (Å²) < 4.78 is 0. The van der Waals surface area contributed by atoms with Crippen molar-refractivity contribution in [1.82, 2.24) is 0 Å². The van der Waals surface area contributed by atoms with Crippen LogP contribution >= 0.6 is 0 Å². The van der Waals surface area contributed by atoms with Crippen molar-refractivity contribution in [3.63, 3.8) is 0 Å². The molecule has 1 aromatic carbocycles. The van der Waals surface area contributed by atoms with Gasteiger partial charge in [0.2, 0.25) is 0 Å². The lowest BCUT2D eigenvalue weighted by molar-refractivity contribution is 0.260. The Balaban J connectivity index is 1.38. The Kier molecular flexibility index (Phi) is 9.00. The van der Waals surface area contributed by atoms with E-state index in [1.807, 2.05) is 18.2 Å². The monoisotopic (exact) mass is 401 g/mol. The zero-order chi connectivity index (χ0) is 21.2. The number of hydrogen-bond acceptors (Lipinski definition) is 1. The van der Waals surface area contributed by atoms with Gasteiger partial charge in [-0.3, -0.25) is 0 Å². The number of rotatable bonds is 8. The average Bonchev–Trinajstić information content (AvgIpc) is 2.81. The summed E-state index contributed by atoms with van der Waals surface area (Å²) >= 11 is 0. The van der Waals surface area contributed by atoms with Crippen LogP contribution in [0.25, 0.3) is 0 Å². The molecule has 0 heterocycles. The second-order valence-corrected chi connectivity index (χ2v) is 9.43. The maximum absolute atomic E-state index is 8.50. The molecular formula is C29H39N. The van der Waals surface area contributed by atoms with Gasteiger partial charge in [0.05, 0.1) is 6.07 Å². The first-order valence-corrected chi connectivity index (χ1v) is 12.2. The number of allylic oxidation sites excluding steroid dienone is 5. The van der Waals surface area contributed by atoms with Gasteiger partial charge >= 0.3 is 0 Å². The Hall–Kier alpha value is -2.07. The Bertz CT molecular complexity index is 745. The van der Waals surface area contributed by atoms with Gasteiger partial charge in [-0.05, 0) is 105 Å². The van der Waals surface area contributed by atoms with Crippen LogP contribution in [0.15, 0.2) is 60.7 Å². The maximum Gasteiger partial charge on any atom is 0.0912 e. The largest absolute Gasteiger partial charge is 0.193 e. The predicted molar refractivity (Wildman–Crippen MR) is 128 cm³/mol. The highest BCUT2D eigenvalue weighted by molar-refractivity contribution is 5.26. The number of benzene rings is 1. The first-order chi connectivity index (χ1) is 14.7. The van der Waals surface area contributed by atoms with Crippen molar-refractivity contribution in [3.8, 4) is 6.07 Å². The lowest BCUT2D eigenvalue weighted by Crippen LogP contribution is -2.22. The van der Waals surface area contributed by atoms with Crippen molar-refractivity contribution in [2.45, 2.75) is 83.5 Å². The molecule has 0 saturated heterocycles. The SMILES string of the molecule is C=C(C1CCC(CCC=CC=CC#N)CC1)C1CCC(c2ccc(CC)cc2)CC1. The van der Waals surface area contributed by atoms with E-state index in [4.69, 9.17) is 5.26 Å². The van der Waals surface area contributed by atoms with Crippen LogP contribution in [-0.2, 0) is 6.42 Å². The van der Waals surface area contributed by atoms with Crippen molar-refractivity contribution in [2.24, 2.45) is 17.8 Å². The summed E-state index contributed by atoms with van der Waals surface area (Å²) in [5.74, 6) is 3.15. The normalized spacial score (nSPS) is 27.3. The summed E-state index contributed by atoms with van der Waals surface area (Å²) in [7, 11) is 0. The molecule has 0 amide bonds. The molecule has 2 aliphatic rings. The molecule has 2 aliphatic carbocycles. The van der Waals surface area contributed by atoms with E-state index in [-0.39, 0.29) is 0 Å². The summed E-state index contributed by atoms with van der Waals surface area (Å²) in [4.78, 5) is 0. The topological polar surface area (TPSA) is 23.8 Å². The van der Waals surface area contributed by atoms with Gasteiger partial charge in [0.25, 0.3) is 0 Å². The molecule has 0 spiro atoms. The molecule has 160 valence electrons. The molecular weight excluding hydrogens is 362 g/mol. The third kappa shape index (κ3) is 6.46. The fourth-order valence-corrected chi connectivity index (χ4v) is 5.58. The predicted octanol–water partition coefficient (Wildman–Crippen LogP) is 8.30. The van der Waals surface area contributed by atoms with Gasteiger partial charge in [0.1, 0.15) is 0 Å². The first-order valence-electron chi connectivity index (χ1n) is 12.2. The molecule has 3 rings (SSSR count). The number of hydrogen-bond donors (Lipinski definition) is 0. The molecule has 0 aromatic heterocycles. The lowest BCUT2D eigenvalue weighted by atomic mass is 9.69.